The molecule has 20 heavy (non-hydrogen) atoms. The summed E-state index contributed by atoms with van der Waals surface area (Å²) in [6.45, 7) is 0.370. The van der Waals surface area contributed by atoms with Crippen LogP contribution in [-0.4, -0.2) is 58.1 Å². The van der Waals surface area contributed by atoms with E-state index in [2.05, 4.69) is 19.9 Å². The molecule has 0 aromatic carbocycles. The highest BCUT2D eigenvalue weighted by atomic mass is 32.2. The zero-order valence-electron chi connectivity index (χ0n) is 10.8. The fourth-order valence-electron chi connectivity index (χ4n) is 2.17. The standard InChI is InChI=1S/C10H17N5O4S/c16-10(17)8-3-1-2-6-15(8)20(18,19)13-5-4-9-11-7-12-14-9/h7-8,13H,1-6H2,(H,16,17)(H,11,12,14). The summed E-state index contributed by atoms with van der Waals surface area (Å²) in [4.78, 5) is 15.0. The van der Waals surface area contributed by atoms with Gasteiger partial charge in [0.05, 0.1) is 0 Å². The van der Waals surface area contributed by atoms with Crippen molar-refractivity contribution >= 4 is 16.2 Å². The van der Waals surface area contributed by atoms with Crippen molar-refractivity contribution < 1.29 is 18.3 Å². The molecule has 0 amide bonds. The van der Waals surface area contributed by atoms with Gasteiger partial charge in [0.25, 0.3) is 10.2 Å². The van der Waals surface area contributed by atoms with Crippen LogP contribution in [0.4, 0.5) is 0 Å². The first-order valence-electron chi connectivity index (χ1n) is 6.34. The van der Waals surface area contributed by atoms with Gasteiger partial charge in [-0.3, -0.25) is 9.89 Å². The van der Waals surface area contributed by atoms with Gasteiger partial charge in [-0.1, -0.05) is 0 Å². The number of nitrogens with one attached hydrogen (secondary N) is 2. The number of aromatic amines is 1. The third-order valence-electron chi connectivity index (χ3n) is 3.16. The van der Waals surface area contributed by atoms with E-state index in [1.165, 1.54) is 6.33 Å². The Hall–Kier alpha value is -1.52. The number of aliphatic carboxylic acids is 1. The van der Waals surface area contributed by atoms with E-state index in [0.29, 0.717) is 25.1 Å². The summed E-state index contributed by atoms with van der Waals surface area (Å²) in [7, 11) is -3.79. The van der Waals surface area contributed by atoms with Crippen LogP contribution in [0.5, 0.6) is 0 Å². The highest BCUT2D eigenvalue weighted by Gasteiger charge is 2.36. The SMILES string of the molecule is O=C(O)C1CCCCN1S(=O)(=O)NCCc1ncn[nH]1. The number of hydrogen-bond acceptors (Lipinski definition) is 5. The maximum absolute atomic E-state index is 12.1. The van der Waals surface area contributed by atoms with Crippen LogP contribution in [-0.2, 0) is 21.4 Å². The van der Waals surface area contributed by atoms with Crippen LogP contribution in [0.3, 0.4) is 0 Å². The lowest BCUT2D eigenvalue weighted by molar-refractivity contribution is -0.142. The lowest BCUT2D eigenvalue weighted by Gasteiger charge is -2.31. The summed E-state index contributed by atoms with van der Waals surface area (Å²) < 4.78 is 27.7. The Morgan fingerprint density at radius 3 is 3.00 bits per heavy atom. The minimum atomic E-state index is -3.79. The molecule has 1 aliphatic heterocycles. The van der Waals surface area contributed by atoms with Crippen LogP contribution in [0.1, 0.15) is 25.1 Å². The van der Waals surface area contributed by atoms with E-state index in [1.54, 1.807) is 0 Å². The third-order valence-corrected chi connectivity index (χ3v) is 4.78. The molecule has 1 saturated heterocycles. The molecule has 2 heterocycles. The third kappa shape index (κ3) is 3.52. The van der Waals surface area contributed by atoms with Crippen molar-refractivity contribution in [3.8, 4) is 0 Å². The molecule has 3 N–H and O–H groups in total. The molecule has 9 nitrogen and oxygen atoms in total. The van der Waals surface area contributed by atoms with Gasteiger partial charge < -0.3 is 5.11 Å². The summed E-state index contributed by atoms with van der Waals surface area (Å²) in [6.07, 6.45) is 3.45. The second kappa shape index (κ2) is 6.29. The Labute approximate surface area is 116 Å². The molecule has 1 aromatic heterocycles. The van der Waals surface area contributed by atoms with Crippen LogP contribution in [0.25, 0.3) is 0 Å². The van der Waals surface area contributed by atoms with E-state index < -0.39 is 22.2 Å². The molecule has 0 spiro atoms. The Kier molecular flexibility index (Phi) is 4.68. The van der Waals surface area contributed by atoms with Gasteiger partial charge in [-0.2, -0.15) is 17.8 Å². The molecule has 112 valence electrons. The van der Waals surface area contributed by atoms with E-state index in [9.17, 15) is 13.2 Å². The van der Waals surface area contributed by atoms with Gasteiger partial charge in [-0.25, -0.2) is 9.71 Å². The average molecular weight is 303 g/mol. The molecule has 1 fully saturated rings. The lowest BCUT2D eigenvalue weighted by Crippen LogP contribution is -2.52. The van der Waals surface area contributed by atoms with Crippen molar-refractivity contribution in [2.75, 3.05) is 13.1 Å². The first kappa shape index (κ1) is 14.9. The molecule has 0 saturated carbocycles. The van der Waals surface area contributed by atoms with E-state index in [4.69, 9.17) is 5.11 Å². The molecule has 1 unspecified atom stereocenters. The van der Waals surface area contributed by atoms with E-state index >= 15 is 0 Å². The van der Waals surface area contributed by atoms with Gasteiger partial charge in [0, 0.05) is 19.5 Å². The van der Waals surface area contributed by atoms with E-state index in [0.717, 1.165) is 10.7 Å². The first-order chi connectivity index (χ1) is 9.50. The van der Waals surface area contributed by atoms with Gasteiger partial charge in [0.15, 0.2) is 0 Å². The topological polar surface area (TPSA) is 128 Å². The quantitative estimate of drug-likeness (QED) is 0.626. The van der Waals surface area contributed by atoms with Crippen LogP contribution < -0.4 is 4.72 Å². The molecule has 0 radical (unpaired) electrons. The molecular formula is C10H17N5O4S. The maximum Gasteiger partial charge on any atom is 0.322 e. The second-order valence-electron chi connectivity index (χ2n) is 4.54. The molecule has 2 rings (SSSR count). The van der Waals surface area contributed by atoms with Gasteiger partial charge in [-0.05, 0) is 19.3 Å². The summed E-state index contributed by atoms with van der Waals surface area (Å²) in [6, 6.07) is -0.980. The van der Waals surface area contributed by atoms with Crippen LogP contribution in [0, 0.1) is 0 Å². The fraction of sp³-hybridized carbons (Fsp3) is 0.700. The number of nitrogens with zero attached hydrogens (tertiary/aromatic N) is 3. The molecular weight excluding hydrogens is 286 g/mol. The Balaban J connectivity index is 1.95. The molecule has 1 atom stereocenters. The van der Waals surface area contributed by atoms with E-state index in [1.807, 2.05) is 0 Å². The summed E-state index contributed by atoms with van der Waals surface area (Å²) >= 11 is 0. The lowest BCUT2D eigenvalue weighted by atomic mass is 10.1. The number of H-pyrrole nitrogens is 1. The predicted molar refractivity (Wildman–Crippen MR) is 69.0 cm³/mol. The second-order valence-corrected chi connectivity index (χ2v) is 6.25. The van der Waals surface area contributed by atoms with Crippen LogP contribution in [0.15, 0.2) is 6.33 Å². The largest absolute Gasteiger partial charge is 0.480 e. The average Bonchev–Trinajstić information content (AvgIpc) is 2.91. The fourth-order valence-corrected chi connectivity index (χ4v) is 3.60. The molecule has 10 heteroatoms. The Morgan fingerprint density at radius 1 is 1.55 bits per heavy atom. The molecule has 1 aliphatic rings. The zero-order valence-corrected chi connectivity index (χ0v) is 11.6. The number of carboxylic acid groups (broad SMARTS) is 1. The van der Waals surface area contributed by atoms with Gasteiger partial charge in [0.2, 0.25) is 0 Å². The zero-order chi connectivity index (χ0) is 14.6. The molecule has 0 aliphatic carbocycles. The van der Waals surface area contributed by atoms with Crippen molar-refractivity contribution in [3.63, 3.8) is 0 Å². The highest BCUT2D eigenvalue weighted by molar-refractivity contribution is 7.87. The number of carbonyl (C=O) groups is 1. The Bertz CT molecular complexity index is 544. The molecule has 1 aromatic rings. The van der Waals surface area contributed by atoms with Crippen molar-refractivity contribution in [1.29, 1.82) is 0 Å². The minimum Gasteiger partial charge on any atom is -0.480 e. The maximum atomic E-state index is 12.1. The highest BCUT2D eigenvalue weighted by Crippen LogP contribution is 2.19. The number of piperidine rings is 1. The van der Waals surface area contributed by atoms with Crippen LogP contribution in [0.2, 0.25) is 0 Å². The van der Waals surface area contributed by atoms with Crippen molar-refractivity contribution in [3.05, 3.63) is 12.2 Å². The molecule has 0 bridgehead atoms. The van der Waals surface area contributed by atoms with Gasteiger partial charge in [0.1, 0.15) is 18.2 Å². The number of carboxylic acids is 1. The number of aromatic nitrogens is 3. The number of hydrogen-bond donors (Lipinski definition) is 3. The smallest absolute Gasteiger partial charge is 0.322 e. The summed E-state index contributed by atoms with van der Waals surface area (Å²) in [5.74, 6) is -0.536. The normalized spacial score (nSPS) is 20.9. The predicted octanol–water partition coefficient (Wildman–Crippen LogP) is -0.879. The minimum absolute atomic E-state index is 0.139. The van der Waals surface area contributed by atoms with Crippen molar-refractivity contribution in [2.24, 2.45) is 0 Å². The number of rotatable bonds is 6. The van der Waals surface area contributed by atoms with E-state index in [-0.39, 0.29) is 13.1 Å². The summed E-state index contributed by atoms with van der Waals surface area (Å²) in [5.41, 5.74) is 0. The summed E-state index contributed by atoms with van der Waals surface area (Å²) in [5, 5.41) is 15.4. The van der Waals surface area contributed by atoms with Crippen molar-refractivity contribution in [1.82, 2.24) is 24.2 Å². The monoisotopic (exact) mass is 303 g/mol. The van der Waals surface area contributed by atoms with Gasteiger partial charge in [-0.15, -0.1) is 0 Å². The Morgan fingerprint density at radius 2 is 2.35 bits per heavy atom. The van der Waals surface area contributed by atoms with Crippen LogP contribution >= 0.6 is 0 Å². The van der Waals surface area contributed by atoms with Gasteiger partial charge >= 0.3 is 5.97 Å². The first-order valence-corrected chi connectivity index (χ1v) is 7.78. The van der Waals surface area contributed by atoms with Crippen molar-refractivity contribution in [2.45, 2.75) is 31.7 Å².